The minimum absolute atomic E-state index is 0.00532. The van der Waals surface area contributed by atoms with Gasteiger partial charge in [0.05, 0.1) is 24.3 Å². The molecule has 13 heteroatoms. The molecule has 11 nitrogen and oxygen atoms in total. The van der Waals surface area contributed by atoms with Gasteiger partial charge in [0, 0.05) is 46.9 Å². The molecule has 3 atom stereocenters. The second-order valence-corrected chi connectivity index (χ2v) is 13.1. The van der Waals surface area contributed by atoms with Crippen LogP contribution in [0.2, 0.25) is 0 Å². The number of ether oxygens (including phenoxy) is 1. The number of hydrogen-bond acceptors (Lipinski definition) is 7. The molecule has 0 bridgehead atoms. The van der Waals surface area contributed by atoms with Crippen molar-refractivity contribution in [2.24, 2.45) is 5.73 Å². The van der Waals surface area contributed by atoms with Gasteiger partial charge in [0.25, 0.3) is 5.91 Å². The van der Waals surface area contributed by atoms with Crippen LogP contribution in [0.1, 0.15) is 48.9 Å². The number of sulfonamides is 1. The van der Waals surface area contributed by atoms with Crippen molar-refractivity contribution in [1.82, 2.24) is 19.2 Å². The molecule has 222 valence electrons. The first-order valence-electron chi connectivity index (χ1n) is 13.2. The zero-order chi connectivity index (χ0) is 30.1. The van der Waals surface area contributed by atoms with Gasteiger partial charge in [-0.3, -0.25) is 14.6 Å². The van der Waals surface area contributed by atoms with Crippen molar-refractivity contribution >= 4 is 32.7 Å². The summed E-state index contributed by atoms with van der Waals surface area (Å²) in [6, 6.07) is 9.30. The lowest BCUT2D eigenvalue weighted by Crippen LogP contribution is -2.45. The Morgan fingerprint density at radius 1 is 1.27 bits per heavy atom. The van der Waals surface area contributed by atoms with E-state index in [1.54, 1.807) is 32.9 Å². The number of benzene rings is 1. The van der Waals surface area contributed by atoms with Crippen molar-refractivity contribution in [3.05, 3.63) is 59.5 Å². The third kappa shape index (κ3) is 7.60. The van der Waals surface area contributed by atoms with E-state index in [1.165, 1.54) is 27.8 Å². The van der Waals surface area contributed by atoms with E-state index in [0.717, 1.165) is 5.69 Å². The highest BCUT2D eigenvalue weighted by Gasteiger charge is 2.39. The smallest absolute Gasteiger partial charge is 0.250 e. The van der Waals surface area contributed by atoms with Gasteiger partial charge in [-0.25, -0.2) is 17.5 Å². The van der Waals surface area contributed by atoms with E-state index >= 15 is 0 Å². The molecule has 0 radical (unpaired) electrons. The largest absolute Gasteiger partial charge is 0.476 e. The minimum Gasteiger partial charge on any atom is -0.476 e. The van der Waals surface area contributed by atoms with Crippen LogP contribution >= 0.6 is 0 Å². The van der Waals surface area contributed by atoms with Crippen molar-refractivity contribution < 1.29 is 32.2 Å². The number of likely N-dealkylation sites (tertiary alicyclic amines) is 1. The van der Waals surface area contributed by atoms with E-state index in [0.29, 0.717) is 16.6 Å². The van der Waals surface area contributed by atoms with Gasteiger partial charge in [-0.05, 0) is 58.0 Å². The fourth-order valence-electron chi connectivity index (χ4n) is 5.10. The average Bonchev–Trinajstić information content (AvgIpc) is 3.42. The van der Waals surface area contributed by atoms with Crippen LogP contribution in [0.3, 0.4) is 0 Å². The van der Waals surface area contributed by atoms with Gasteiger partial charge in [0.2, 0.25) is 21.9 Å². The van der Waals surface area contributed by atoms with E-state index in [2.05, 4.69) is 9.71 Å². The summed E-state index contributed by atoms with van der Waals surface area (Å²) >= 11 is 0. The molecule has 2 amide bonds. The van der Waals surface area contributed by atoms with E-state index in [-0.39, 0.29) is 37.2 Å². The predicted octanol–water partition coefficient (Wildman–Crippen LogP) is 2.04. The third-order valence-corrected chi connectivity index (χ3v) is 8.04. The molecule has 1 fully saturated rings. The summed E-state index contributed by atoms with van der Waals surface area (Å²) in [5.74, 6) is -1.62. The second-order valence-electron chi connectivity index (χ2n) is 11.4. The number of nitrogens with two attached hydrogens (primary N) is 1. The number of carbonyl (C=O) groups is 2. The molecule has 4 rings (SSSR count). The van der Waals surface area contributed by atoms with Gasteiger partial charge in [-0.1, -0.05) is 6.07 Å². The summed E-state index contributed by atoms with van der Waals surface area (Å²) in [7, 11) is -3.75. The number of halogens is 1. The molecule has 1 saturated heterocycles. The molecule has 0 saturated carbocycles. The number of nitrogens with one attached hydrogen (secondary N) is 1. The maximum atomic E-state index is 14.5. The van der Waals surface area contributed by atoms with Crippen LogP contribution in [0.15, 0.2) is 42.6 Å². The van der Waals surface area contributed by atoms with E-state index in [4.69, 9.17) is 10.5 Å². The Kier molecular flexibility index (Phi) is 8.71. The van der Waals surface area contributed by atoms with Crippen LogP contribution in [-0.2, 0) is 27.8 Å². The summed E-state index contributed by atoms with van der Waals surface area (Å²) in [6.45, 7) is 6.58. The first-order valence-corrected chi connectivity index (χ1v) is 14.9. The molecule has 1 aliphatic rings. The van der Waals surface area contributed by atoms with Crippen LogP contribution in [0, 0.1) is 6.92 Å². The van der Waals surface area contributed by atoms with Crippen molar-refractivity contribution in [3.63, 3.8) is 0 Å². The predicted molar refractivity (Wildman–Crippen MR) is 151 cm³/mol. The number of fused-ring (bicyclic) bond motifs is 1. The Morgan fingerprint density at radius 2 is 2.00 bits per heavy atom. The average molecular weight is 590 g/mol. The van der Waals surface area contributed by atoms with Crippen LogP contribution in [0.25, 0.3) is 10.9 Å². The lowest BCUT2D eigenvalue weighted by Gasteiger charge is -2.28. The highest BCUT2D eigenvalue weighted by molar-refractivity contribution is 7.89. The maximum Gasteiger partial charge on any atom is 0.250 e. The number of aliphatic hydroxyl groups is 1. The summed E-state index contributed by atoms with van der Waals surface area (Å²) < 4.78 is 48.6. The highest BCUT2D eigenvalue weighted by atomic mass is 32.2. The SMILES string of the molecule is Cc1cccc(CC(O)C2C[C@@H](F)CN2C(=O)Cn2cc(C(N)=O)c3cc(OCS(=O)(=O)NC(C)(C)C)ccc32)n1. The summed E-state index contributed by atoms with van der Waals surface area (Å²) in [5.41, 5.74) is 6.94. The monoisotopic (exact) mass is 589 g/mol. The molecule has 4 N–H and O–H groups in total. The van der Waals surface area contributed by atoms with Crippen molar-refractivity contribution in [2.45, 2.75) is 70.9 Å². The van der Waals surface area contributed by atoms with Gasteiger partial charge in [0.15, 0.2) is 0 Å². The number of pyridine rings is 1. The van der Waals surface area contributed by atoms with Crippen LogP contribution in [-0.4, -0.2) is 76.1 Å². The summed E-state index contributed by atoms with van der Waals surface area (Å²) in [4.78, 5) is 31.3. The number of amides is 2. The van der Waals surface area contributed by atoms with Crippen molar-refractivity contribution in [2.75, 3.05) is 12.5 Å². The zero-order valence-corrected chi connectivity index (χ0v) is 24.3. The molecule has 0 spiro atoms. The lowest BCUT2D eigenvalue weighted by atomic mass is 10.0. The highest BCUT2D eigenvalue weighted by Crippen LogP contribution is 2.29. The normalized spacial score (nSPS) is 18.5. The first-order chi connectivity index (χ1) is 19.1. The lowest BCUT2D eigenvalue weighted by molar-refractivity contribution is -0.134. The van der Waals surface area contributed by atoms with Crippen LogP contribution in [0.4, 0.5) is 4.39 Å². The quantitative estimate of drug-likeness (QED) is 0.327. The van der Waals surface area contributed by atoms with Crippen molar-refractivity contribution in [3.8, 4) is 5.75 Å². The minimum atomic E-state index is -3.75. The fraction of sp³-hybridized carbons (Fsp3) is 0.464. The fourth-order valence-corrected chi connectivity index (χ4v) is 6.38. The summed E-state index contributed by atoms with van der Waals surface area (Å²) in [6.07, 6.45) is -0.690. The molecule has 3 aromatic rings. The summed E-state index contributed by atoms with van der Waals surface area (Å²) in [5, 5.41) is 11.3. The zero-order valence-electron chi connectivity index (χ0n) is 23.5. The van der Waals surface area contributed by atoms with E-state index in [1.807, 2.05) is 19.1 Å². The third-order valence-electron chi connectivity index (χ3n) is 6.69. The second kappa shape index (κ2) is 11.7. The van der Waals surface area contributed by atoms with Gasteiger partial charge in [-0.15, -0.1) is 0 Å². The molecule has 1 aromatic carbocycles. The number of aliphatic hydroxyl groups excluding tert-OH is 1. The van der Waals surface area contributed by atoms with Gasteiger partial charge < -0.3 is 25.0 Å². The number of aryl methyl sites for hydroxylation is 1. The van der Waals surface area contributed by atoms with Gasteiger partial charge in [0.1, 0.15) is 18.5 Å². The number of aromatic nitrogens is 2. The Labute approximate surface area is 238 Å². The Morgan fingerprint density at radius 3 is 2.66 bits per heavy atom. The number of alkyl halides is 1. The molecule has 0 aliphatic carbocycles. The molecule has 1 aliphatic heterocycles. The Balaban J connectivity index is 1.53. The van der Waals surface area contributed by atoms with Crippen LogP contribution < -0.4 is 15.2 Å². The number of rotatable bonds is 10. The van der Waals surface area contributed by atoms with E-state index < -0.39 is 51.6 Å². The molecule has 2 unspecified atom stereocenters. The number of carbonyl (C=O) groups excluding carboxylic acids is 2. The number of hydrogen-bond donors (Lipinski definition) is 3. The molecule has 2 aromatic heterocycles. The topological polar surface area (TPSA) is 157 Å². The molecule has 3 heterocycles. The molecular formula is C28H36FN5O6S. The number of primary amides is 1. The van der Waals surface area contributed by atoms with Gasteiger partial charge in [-0.2, -0.15) is 0 Å². The standard InChI is InChI=1S/C28H36FN5O6S/c1-17-6-5-7-19(31-17)11-25(35)24-10-18(29)13-34(24)26(36)15-33-14-22(27(30)37)21-12-20(8-9-23(21)33)40-16-41(38,39)32-28(2,3)4/h5-9,12,14,18,24-25,32,35H,10-11,13,15-16H2,1-4H3,(H2,30,37)/t18-,24?,25?/m1/s1. The van der Waals surface area contributed by atoms with Gasteiger partial charge >= 0.3 is 0 Å². The molecule has 41 heavy (non-hydrogen) atoms. The molecular weight excluding hydrogens is 553 g/mol. The maximum absolute atomic E-state index is 14.5. The van der Waals surface area contributed by atoms with Crippen LogP contribution in [0.5, 0.6) is 5.75 Å². The Bertz CT molecular complexity index is 1550. The number of nitrogens with zero attached hydrogens (tertiary/aromatic N) is 3. The first kappa shape index (κ1) is 30.4. The Hall–Kier alpha value is -3.55. The van der Waals surface area contributed by atoms with Crippen molar-refractivity contribution in [1.29, 1.82) is 0 Å². The van der Waals surface area contributed by atoms with E-state index in [9.17, 15) is 27.5 Å².